The van der Waals surface area contributed by atoms with E-state index in [1.54, 1.807) is 0 Å². The van der Waals surface area contributed by atoms with Crippen molar-refractivity contribution in [3.8, 4) is 0 Å². The van der Waals surface area contributed by atoms with Gasteiger partial charge in [-0.15, -0.1) is 12.4 Å². The number of nitrogens with zero attached hydrogens (tertiary/aromatic N) is 1. The van der Waals surface area contributed by atoms with Crippen LogP contribution in [0.5, 0.6) is 0 Å². The molecule has 148 valence electrons. The largest absolute Gasteiger partial charge is 0.353 e. The summed E-state index contributed by atoms with van der Waals surface area (Å²) in [5.41, 5.74) is 0. The van der Waals surface area contributed by atoms with Crippen LogP contribution in [0.1, 0.15) is 70.6 Å². The second kappa shape index (κ2) is 8.92. The maximum Gasteiger partial charge on any atom is 0.226 e. The van der Waals surface area contributed by atoms with E-state index in [9.17, 15) is 9.59 Å². The van der Waals surface area contributed by atoms with Crippen LogP contribution >= 0.6 is 12.4 Å². The van der Waals surface area contributed by atoms with Crippen LogP contribution in [-0.4, -0.2) is 47.9 Å². The molecule has 4 fully saturated rings. The quantitative estimate of drug-likeness (QED) is 0.787. The Bertz CT molecular complexity index is 487. The van der Waals surface area contributed by atoms with Crippen molar-refractivity contribution in [2.45, 2.75) is 88.8 Å². The maximum absolute atomic E-state index is 13.1. The van der Waals surface area contributed by atoms with E-state index < -0.39 is 0 Å². The van der Waals surface area contributed by atoms with E-state index in [-0.39, 0.29) is 30.2 Å². The molecule has 2 bridgehead atoms. The Balaban J connectivity index is 0.00000196. The van der Waals surface area contributed by atoms with E-state index in [0.29, 0.717) is 24.0 Å². The lowest BCUT2D eigenvalue weighted by molar-refractivity contribution is -0.139. The summed E-state index contributed by atoms with van der Waals surface area (Å²) in [5.74, 6) is 1.10. The summed E-state index contributed by atoms with van der Waals surface area (Å²) < 4.78 is 0. The molecule has 4 rings (SSSR count). The number of fused-ring (bicyclic) bond motifs is 2. The lowest BCUT2D eigenvalue weighted by Gasteiger charge is -2.35. The van der Waals surface area contributed by atoms with Gasteiger partial charge < -0.3 is 15.5 Å². The Hall–Kier alpha value is -0.810. The molecule has 2 heterocycles. The topological polar surface area (TPSA) is 61.4 Å². The maximum atomic E-state index is 13.1. The number of carbonyl (C=O) groups is 2. The van der Waals surface area contributed by atoms with Crippen molar-refractivity contribution >= 4 is 24.2 Å². The zero-order valence-electron chi connectivity index (χ0n) is 15.8. The van der Waals surface area contributed by atoms with E-state index in [1.165, 1.54) is 19.3 Å². The molecule has 4 aliphatic rings. The van der Waals surface area contributed by atoms with Crippen LogP contribution in [0.3, 0.4) is 0 Å². The van der Waals surface area contributed by atoms with Gasteiger partial charge in [0.15, 0.2) is 0 Å². The van der Waals surface area contributed by atoms with Crippen molar-refractivity contribution in [3.05, 3.63) is 0 Å². The Morgan fingerprint density at radius 2 is 1.50 bits per heavy atom. The van der Waals surface area contributed by atoms with Gasteiger partial charge >= 0.3 is 0 Å². The van der Waals surface area contributed by atoms with E-state index in [4.69, 9.17) is 0 Å². The highest BCUT2D eigenvalue weighted by Crippen LogP contribution is 2.34. The molecular formula is C20H34ClN3O2. The minimum atomic E-state index is 0. The molecule has 2 aliphatic heterocycles. The first kappa shape index (κ1) is 19.9. The number of nitrogens with one attached hydrogen (secondary N) is 2. The van der Waals surface area contributed by atoms with Crippen LogP contribution in [0.25, 0.3) is 0 Å². The van der Waals surface area contributed by atoms with Gasteiger partial charge in [0.05, 0.1) is 0 Å². The van der Waals surface area contributed by atoms with Crippen molar-refractivity contribution in [1.82, 2.24) is 15.5 Å². The van der Waals surface area contributed by atoms with Gasteiger partial charge in [-0.2, -0.15) is 0 Å². The molecular weight excluding hydrogens is 350 g/mol. The van der Waals surface area contributed by atoms with Crippen LogP contribution < -0.4 is 10.6 Å². The summed E-state index contributed by atoms with van der Waals surface area (Å²) in [5, 5.41) is 6.75. The number of halogens is 1. The van der Waals surface area contributed by atoms with Gasteiger partial charge in [-0.05, 0) is 64.3 Å². The third-order valence-corrected chi connectivity index (χ3v) is 7.06. The molecule has 6 heteroatoms. The van der Waals surface area contributed by atoms with Crippen molar-refractivity contribution in [2.24, 2.45) is 11.8 Å². The van der Waals surface area contributed by atoms with Crippen LogP contribution in [0.15, 0.2) is 0 Å². The van der Waals surface area contributed by atoms with Gasteiger partial charge in [-0.1, -0.05) is 12.8 Å². The molecule has 2 aliphatic carbocycles. The number of hydrogen-bond acceptors (Lipinski definition) is 3. The van der Waals surface area contributed by atoms with Gasteiger partial charge in [-0.3, -0.25) is 9.59 Å². The molecule has 2 saturated heterocycles. The van der Waals surface area contributed by atoms with Crippen molar-refractivity contribution in [2.75, 3.05) is 13.1 Å². The molecule has 26 heavy (non-hydrogen) atoms. The normalized spacial score (nSPS) is 34.8. The zero-order valence-corrected chi connectivity index (χ0v) is 16.6. The fourth-order valence-electron chi connectivity index (χ4n) is 5.54. The predicted octanol–water partition coefficient (Wildman–Crippen LogP) is 2.63. The summed E-state index contributed by atoms with van der Waals surface area (Å²) in [6, 6.07) is 1.17. The van der Waals surface area contributed by atoms with Crippen molar-refractivity contribution in [1.29, 1.82) is 0 Å². The third kappa shape index (κ3) is 4.19. The molecule has 0 aromatic carbocycles. The first-order chi connectivity index (χ1) is 12.2. The predicted molar refractivity (Wildman–Crippen MR) is 104 cm³/mol. The molecule has 2 saturated carbocycles. The van der Waals surface area contributed by atoms with E-state index in [0.717, 1.165) is 64.5 Å². The van der Waals surface area contributed by atoms with Crippen molar-refractivity contribution in [3.63, 3.8) is 0 Å². The van der Waals surface area contributed by atoms with E-state index in [2.05, 4.69) is 15.5 Å². The molecule has 0 spiro atoms. The second-order valence-corrected chi connectivity index (χ2v) is 8.66. The van der Waals surface area contributed by atoms with Gasteiger partial charge in [0.25, 0.3) is 0 Å². The Kier molecular flexibility index (Phi) is 6.84. The molecule has 2 unspecified atom stereocenters. The number of rotatable bonds is 3. The van der Waals surface area contributed by atoms with Crippen LogP contribution in [0.2, 0.25) is 0 Å². The van der Waals surface area contributed by atoms with E-state index >= 15 is 0 Å². The molecule has 2 N–H and O–H groups in total. The Morgan fingerprint density at radius 3 is 2.23 bits per heavy atom. The smallest absolute Gasteiger partial charge is 0.226 e. The van der Waals surface area contributed by atoms with E-state index in [1.807, 2.05) is 0 Å². The third-order valence-electron chi connectivity index (χ3n) is 7.06. The fourth-order valence-corrected chi connectivity index (χ4v) is 5.54. The van der Waals surface area contributed by atoms with Gasteiger partial charge in [0, 0.05) is 36.5 Å². The number of carbonyl (C=O) groups excluding carboxylic acids is 2. The fraction of sp³-hybridized carbons (Fsp3) is 0.900. The summed E-state index contributed by atoms with van der Waals surface area (Å²) >= 11 is 0. The molecule has 2 atom stereocenters. The molecule has 2 amide bonds. The Labute approximate surface area is 163 Å². The second-order valence-electron chi connectivity index (χ2n) is 8.66. The Morgan fingerprint density at radius 1 is 0.808 bits per heavy atom. The zero-order chi connectivity index (χ0) is 17.2. The first-order valence-electron chi connectivity index (χ1n) is 10.6. The SMILES string of the molecule is Cl.O=C(NC1CCC(C(=O)N2C3CCNCC2CC3)CC1)C1CCCC1. The summed E-state index contributed by atoms with van der Waals surface area (Å²) in [7, 11) is 0. The summed E-state index contributed by atoms with van der Waals surface area (Å²) in [4.78, 5) is 27.7. The van der Waals surface area contributed by atoms with Crippen molar-refractivity contribution < 1.29 is 9.59 Å². The lowest BCUT2D eigenvalue weighted by atomic mass is 9.84. The van der Waals surface area contributed by atoms with Crippen LogP contribution in [-0.2, 0) is 9.59 Å². The summed E-state index contributed by atoms with van der Waals surface area (Å²) in [6.07, 6.45) is 11.8. The van der Waals surface area contributed by atoms with Crippen LogP contribution in [0, 0.1) is 11.8 Å². The number of hydrogen-bond donors (Lipinski definition) is 2. The standard InChI is InChI=1S/C20H33N3O2.ClH/c24-19(14-3-1-2-4-14)22-16-7-5-15(6-8-16)20(25)23-17-9-10-18(23)13-21-12-11-17;/h14-18,21H,1-13H2,(H,22,24);1H. The minimum Gasteiger partial charge on any atom is -0.353 e. The molecule has 0 radical (unpaired) electrons. The van der Waals surface area contributed by atoms with Gasteiger partial charge in [0.1, 0.15) is 0 Å². The monoisotopic (exact) mass is 383 g/mol. The summed E-state index contributed by atoms with van der Waals surface area (Å²) in [6.45, 7) is 2.01. The average Bonchev–Trinajstić information content (AvgIpc) is 3.22. The van der Waals surface area contributed by atoms with Crippen LogP contribution in [0.4, 0.5) is 0 Å². The number of amides is 2. The highest BCUT2D eigenvalue weighted by Gasteiger charge is 2.41. The molecule has 0 aromatic rings. The molecule has 0 aromatic heterocycles. The van der Waals surface area contributed by atoms with Gasteiger partial charge in [-0.25, -0.2) is 0 Å². The lowest BCUT2D eigenvalue weighted by Crippen LogP contribution is -2.47. The average molecular weight is 384 g/mol. The highest BCUT2D eigenvalue weighted by molar-refractivity contribution is 5.85. The van der Waals surface area contributed by atoms with Gasteiger partial charge in [0.2, 0.25) is 11.8 Å². The molecule has 5 nitrogen and oxygen atoms in total. The first-order valence-corrected chi connectivity index (χ1v) is 10.6. The minimum absolute atomic E-state index is 0. The highest BCUT2D eigenvalue weighted by atomic mass is 35.5.